The number of benzene rings is 1. The lowest BCUT2D eigenvalue weighted by Gasteiger charge is -2.06. The lowest BCUT2D eigenvalue weighted by Crippen LogP contribution is -2.06. The van der Waals surface area contributed by atoms with Gasteiger partial charge in [-0.25, -0.2) is 4.98 Å². The number of fused-ring (bicyclic) bond motifs is 1. The van der Waals surface area contributed by atoms with Gasteiger partial charge in [-0.05, 0) is 50.6 Å². The molecule has 0 amide bonds. The summed E-state index contributed by atoms with van der Waals surface area (Å²) in [5, 5.41) is 11.2. The number of anilines is 1. The largest absolute Gasteiger partial charge is 0.360 e. The average Bonchev–Trinajstić information content (AvgIpc) is 3.25. The molecule has 0 aliphatic rings. The SMILES string of the molecule is C=C(C)Nc1cccc(-c2cc3cc(CC(=O)c4n[nH]c(C)c4C)cnc3[nH]2)c1. The molecule has 4 aromatic rings. The fourth-order valence-corrected chi connectivity index (χ4v) is 3.35. The van der Waals surface area contributed by atoms with Crippen LogP contribution in [0, 0.1) is 13.8 Å². The summed E-state index contributed by atoms with van der Waals surface area (Å²) < 4.78 is 0. The van der Waals surface area contributed by atoms with Crippen LogP contribution >= 0.6 is 0 Å². The zero-order valence-electron chi connectivity index (χ0n) is 16.8. The number of allylic oxidation sites excluding steroid dienone is 1. The molecule has 0 aliphatic heterocycles. The van der Waals surface area contributed by atoms with Crippen LogP contribution in [0.3, 0.4) is 0 Å². The third-order valence-corrected chi connectivity index (χ3v) is 4.94. The Kier molecular flexibility index (Phi) is 4.76. The molecular weight excluding hydrogens is 362 g/mol. The number of H-pyrrole nitrogens is 2. The first-order valence-electron chi connectivity index (χ1n) is 9.46. The lowest BCUT2D eigenvalue weighted by atomic mass is 10.0. The number of nitrogens with zero attached hydrogens (tertiary/aromatic N) is 2. The predicted octanol–water partition coefficient (Wildman–Crippen LogP) is 4.94. The third kappa shape index (κ3) is 3.82. The van der Waals surface area contributed by atoms with Crippen molar-refractivity contribution < 1.29 is 4.79 Å². The Bertz CT molecular complexity index is 1230. The van der Waals surface area contributed by atoms with Gasteiger partial charge in [0.1, 0.15) is 11.3 Å². The smallest absolute Gasteiger partial charge is 0.187 e. The predicted molar refractivity (Wildman–Crippen MR) is 116 cm³/mol. The number of ketones is 1. The van der Waals surface area contributed by atoms with Crippen molar-refractivity contribution in [3.8, 4) is 11.3 Å². The van der Waals surface area contributed by atoms with Gasteiger partial charge in [0.25, 0.3) is 0 Å². The first-order chi connectivity index (χ1) is 13.9. The standard InChI is InChI=1S/C23H23N5O/c1-13(2)25-19-7-5-6-17(10-19)20-11-18-8-16(12-24-23(18)26-20)9-21(29)22-14(3)15(4)27-28-22/h5-8,10-12,25H,1,9H2,2-4H3,(H,24,26)(H,27,28). The topological polar surface area (TPSA) is 86.5 Å². The van der Waals surface area contributed by atoms with Crippen LogP contribution in [0.1, 0.15) is 34.2 Å². The molecule has 3 N–H and O–H groups in total. The van der Waals surface area contributed by atoms with Gasteiger partial charge in [0.2, 0.25) is 0 Å². The molecule has 146 valence electrons. The van der Waals surface area contributed by atoms with Crippen molar-refractivity contribution in [2.24, 2.45) is 0 Å². The molecule has 4 rings (SSSR count). The Morgan fingerprint density at radius 3 is 2.76 bits per heavy atom. The Labute approximate surface area is 169 Å². The van der Waals surface area contributed by atoms with Crippen molar-refractivity contribution in [2.45, 2.75) is 27.2 Å². The van der Waals surface area contributed by atoms with E-state index in [9.17, 15) is 4.79 Å². The van der Waals surface area contributed by atoms with Crippen molar-refractivity contribution in [3.05, 3.63) is 77.4 Å². The lowest BCUT2D eigenvalue weighted by molar-refractivity contribution is 0.0987. The van der Waals surface area contributed by atoms with Crippen LogP contribution in [-0.2, 0) is 6.42 Å². The van der Waals surface area contributed by atoms with E-state index in [2.05, 4.69) is 44.2 Å². The maximum absolute atomic E-state index is 12.6. The van der Waals surface area contributed by atoms with E-state index in [-0.39, 0.29) is 12.2 Å². The van der Waals surface area contributed by atoms with Crippen LogP contribution in [0.25, 0.3) is 22.3 Å². The molecule has 29 heavy (non-hydrogen) atoms. The summed E-state index contributed by atoms with van der Waals surface area (Å²) in [5.74, 6) is -0.0117. The van der Waals surface area contributed by atoms with Gasteiger partial charge in [0.05, 0.1) is 0 Å². The number of pyridine rings is 1. The molecule has 6 heteroatoms. The number of hydrogen-bond donors (Lipinski definition) is 3. The van der Waals surface area contributed by atoms with Crippen molar-refractivity contribution in [3.63, 3.8) is 0 Å². The molecule has 0 fully saturated rings. The number of carbonyl (C=O) groups excluding carboxylic acids is 1. The molecule has 0 bridgehead atoms. The minimum atomic E-state index is -0.0117. The first-order valence-corrected chi connectivity index (χ1v) is 9.46. The molecule has 1 aromatic carbocycles. The highest BCUT2D eigenvalue weighted by atomic mass is 16.1. The maximum Gasteiger partial charge on any atom is 0.187 e. The van der Waals surface area contributed by atoms with Crippen molar-refractivity contribution in [1.82, 2.24) is 20.2 Å². The van der Waals surface area contributed by atoms with Crippen molar-refractivity contribution >= 4 is 22.5 Å². The molecule has 3 heterocycles. The van der Waals surface area contributed by atoms with E-state index in [1.54, 1.807) is 6.20 Å². The normalized spacial score (nSPS) is 11.0. The Balaban J connectivity index is 1.60. The zero-order chi connectivity index (χ0) is 20.5. The van der Waals surface area contributed by atoms with Gasteiger partial charge in [-0.1, -0.05) is 18.7 Å². The second kappa shape index (κ2) is 7.39. The molecule has 0 radical (unpaired) electrons. The van der Waals surface area contributed by atoms with E-state index in [1.165, 1.54) is 0 Å². The van der Waals surface area contributed by atoms with Gasteiger partial charge < -0.3 is 10.3 Å². The van der Waals surface area contributed by atoms with Gasteiger partial charge in [0.15, 0.2) is 5.78 Å². The molecule has 3 aromatic heterocycles. The fraction of sp³-hybridized carbons (Fsp3) is 0.174. The fourth-order valence-electron chi connectivity index (χ4n) is 3.35. The molecule has 0 aliphatic carbocycles. The van der Waals surface area contributed by atoms with E-state index in [0.29, 0.717) is 5.69 Å². The van der Waals surface area contributed by atoms with Crippen molar-refractivity contribution in [1.29, 1.82) is 0 Å². The Hall–Kier alpha value is -3.67. The van der Waals surface area contributed by atoms with Crippen LogP contribution < -0.4 is 5.32 Å². The highest BCUT2D eigenvalue weighted by molar-refractivity contribution is 5.97. The number of carbonyl (C=O) groups is 1. The van der Waals surface area contributed by atoms with E-state index >= 15 is 0 Å². The number of aryl methyl sites for hydroxylation is 1. The number of Topliss-reactive ketones (excluding diaryl/α,β-unsaturated/α-hetero) is 1. The minimum absolute atomic E-state index is 0.0117. The highest BCUT2D eigenvalue weighted by Gasteiger charge is 2.16. The van der Waals surface area contributed by atoms with Gasteiger partial charge >= 0.3 is 0 Å². The number of aromatic nitrogens is 4. The third-order valence-electron chi connectivity index (χ3n) is 4.94. The average molecular weight is 385 g/mol. The zero-order valence-corrected chi connectivity index (χ0v) is 16.8. The quantitative estimate of drug-likeness (QED) is 0.410. The molecule has 0 atom stereocenters. The summed E-state index contributed by atoms with van der Waals surface area (Å²) >= 11 is 0. The second-order valence-electron chi connectivity index (χ2n) is 7.37. The summed E-state index contributed by atoms with van der Waals surface area (Å²) in [5.41, 5.74) is 7.87. The molecule has 0 saturated carbocycles. The minimum Gasteiger partial charge on any atom is -0.360 e. The number of rotatable bonds is 6. The summed E-state index contributed by atoms with van der Waals surface area (Å²) in [7, 11) is 0. The van der Waals surface area contributed by atoms with Crippen LogP contribution in [0.4, 0.5) is 5.69 Å². The monoisotopic (exact) mass is 385 g/mol. The van der Waals surface area contributed by atoms with Crippen LogP contribution in [-0.4, -0.2) is 25.9 Å². The van der Waals surface area contributed by atoms with E-state index in [1.807, 2.05) is 45.0 Å². The van der Waals surface area contributed by atoms with Crippen LogP contribution in [0.2, 0.25) is 0 Å². The number of aromatic amines is 2. The molecule has 0 spiro atoms. The van der Waals surface area contributed by atoms with Gasteiger partial charge in [-0.15, -0.1) is 0 Å². The van der Waals surface area contributed by atoms with Gasteiger partial charge in [-0.2, -0.15) is 5.10 Å². The van der Waals surface area contributed by atoms with E-state index in [4.69, 9.17) is 0 Å². The Morgan fingerprint density at radius 2 is 2.03 bits per heavy atom. The summed E-state index contributed by atoms with van der Waals surface area (Å²) in [6, 6.07) is 12.2. The van der Waals surface area contributed by atoms with E-state index in [0.717, 1.165) is 50.5 Å². The van der Waals surface area contributed by atoms with Crippen molar-refractivity contribution in [2.75, 3.05) is 5.32 Å². The Morgan fingerprint density at radius 1 is 1.21 bits per heavy atom. The second-order valence-corrected chi connectivity index (χ2v) is 7.37. The van der Waals surface area contributed by atoms with Crippen LogP contribution in [0.5, 0.6) is 0 Å². The maximum atomic E-state index is 12.6. The molecular formula is C23H23N5O. The summed E-state index contributed by atoms with van der Waals surface area (Å²) in [6.45, 7) is 9.63. The summed E-state index contributed by atoms with van der Waals surface area (Å²) in [6.07, 6.45) is 2.01. The number of nitrogens with one attached hydrogen (secondary N) is 3. The molecule has 6 nitrogen and oxygen atoms in total. The molecule has 0 unspecified atom stereocenters. The number of hydrogen-bond acceptors (Lipinski definition) is 4. The summed E-state index contributed by atoms with van der Waals surface area (Å²) in [4.78, 5) is 20.5. The van der Waals surface area contributed by atoms with E-state index < -0.39 is 0 Å². The van der Waals surface area contributed by atoms with Crippen LogP contribution in [0.15, 0.2) is 54.9 Å². The first kappa shape index (κ1) is 18.7. The van der Waals surface area contributed by atoms with Gasteiger partial charge in [-0.3, -0.25) is 9.89 Å². The highest BCUT2D eigenvalue weighted by Crippen LogP contribution is 2.26. The molecule has 0 saturated heterocycles. The van der Waals surface area contributed by atoms with Gasteiger partial charge in [0, 0.05) is 51.9 Å².